The van der Waals surface area contributed by atoms with Crippen molar-refractivity contribution in [1.82, 2.24) is 5.43 Å². The van der Waals surface area contributed by atoms with Crippen molar-refractivity contribution >= 4 is 46.3 Å². The first-order chi connectivity index (χ1) is 10.1. The Morgan fingerprint density at radius 3 is 2.81 bits per heavy atom. The summed E-state index contributed by atoms with van der Waals surface area (Å²) in [6.45, 7) is 2.01. The fourth-order valence-corrected chi connectivity index (χ4v) is 2.48. The van der Waals surface area contributed by atoms with Gasteiger partial charge in [-0.05, 0) is 37.3 Å². The second-order valence-electron chi connectivity index (χ2n) is 4.05. The molecule has 6 nitrogen and oxygen atoms in total. The number of nitrogens with one attached hydrogen (secondary N) is 2. The van der Waals surface area contributed by atoms with E-state index in [1.165, 1.54) is 10.9 Å². The van der Waals surface area contributed by atoms with Crippen molar-refractivity contribution < 1.29 is 4.92 Å². The molecule has 21 heavy (non-hydrogen) atoms. The maximum absolute atomic E-state index is 10.9. The van der Waals surface area contributed by atoms with E-state index in [0.717, 1.165) is 4.88 Å². The number of rotatable bonds is 4. The van der Waals surface area contributed by atoms with E-state index in [1.54, 1.807) is 35.8 Å². The first-order valence-electron chi connectivity index (χ1n) is 5.96. The minimum Gasteiger partial charge on any atom is -0.326 e. The summed E-state index contributed by atoms with van der Waals surface area (Å²) in [4.78, 5) is 12.6. The molecule has 0 aliphatic rings. The van der Waals surface area contributed by atoms with Gasteiger partial charge in [0.25, 0.3) is 5.69 Å². The van der Waals surface area contributed by atoms with E-state index in [9.17, 15) is 10.1 Å². The standard InChI is InChI=1S/C13H12N4O2S2/c1-9-6-7-10(21-9)8-14-16-13(20)15-11-4-2-3-5-12(11)17(18)19/h2-8H,1H3,(H2,15,16,20)/b14-8-. The largest absolute Gasteiger partial charge is 0.326 e. The highest BCUT2D eigenvalue weighted by Gasteiger charge is 2.12. The molecule has 0 spiro atoms. The number of hydrogen-bond acceptors (Lipinski definition) is 5. The Kier molecular flexibility index (Phi) is 4.96. The molecule has 8 heteroatoms. The molecule has 0 aliphatic heterocycles. The molecule has 1 aromatic carbocycles. The number of nitro benzene ring substituents is 1. The number of nitro groups is 1. The number of thiophene rings is 1. The zero-order valence-electron chi connectivity index (χ0n) is 11.1. The van der Waals surface area contributed by atoms with Gasteiger partial charge in [0.1, 0.15) is 5.69 Å². The van der Waals surface area contributed by atoms with Crippen LogP contribution in [0.5, 0.6) is 0 Å². The Labute approximate surface area is 130 Å². The number of thiocarbonyl (C=S) groups is 1. The topological polar surface area (TPSA) is 79.6 Å². The number of aryl methyl sites for hydroxylation is 1. The zero-order chi connectivity index (χ0) is 15.2. The van der Waals surface area contributed by atoms with E-state index in [-0.39, 0.29) is 10.8 Å². The van der Waals surface area contributed by atoms with Gasteiger partial charge in [-0.15, -0.1) is 11.3 Å². The van der Waals surface area contributed by atoms with E-state index in [0.29, 0.717) is 5.69 Å². The van der Waals surface area contributed by atoms with Crippen molar-refractivity contribution in [3.63, 3.8) is 0 Å². The minimum atomic E-state index is -0.470. The third kappa shape index (κ3) is 4.33. The zero-order valence-corrected chi connectivity index (χ0v) is 12.7. The second-order valence-corrected chi connectivity index (χ2v) is 5.77. The Bertz CT molecular complexity index is 697. The molecule has 0 bridgehead atoms. The number of anilines is 1. The molecule has 2 N–H and O–H groups in total. The quantitative estimate of drug-likeness (QED) is 0.391. The highest BCUT2D eigenvalue weighted by molar-refractivity contribution is 7.80. The molecule has 1 heterocycles. The molecule has 0 saturated heterocycles. The van der Waals surface area contributed by atoms with Crippen LogP contribution in [0.1, 0.15) is 9.75 Å². The van der Waals surface area contributed by atoms with Crippen LogP contribution in [-0.2, 0) is 0 Å². The van der Waals surface area contributed by atoms with Gasteiger partial charge in [-0.25, -0.2) is 0 Å². The lowest BCUT2D eigenvalue weighted by Crippen LogP contribution is -2.24. The number of benzene rings is 1. The summed E-state index contributed by atoms with van der Waals surface area (Å²) in [5.74, 6) is 0. The van der Waals surface area contributed by atoms with Gasteiger partial charge in [0.05, 0.1) is 11.1 Å². The van der Waals surface area contributed by atoms with E-state index in [2.05, 4.69) is 15.8 Å². The molecule has 2 rings (SSSR count). The summed E-state index contributed by atoms with van der Waals surface area (Å²) in [7, 11) is 0. The lowest BCUT2D eigenvalue weighted by Gasteiger charge is -2.06. The summed E-state index contributed by atoms with van der Waals surface area (Å²) < 4.78 is 0. The van der Waals surface area contributed by atoms with Gasteiger partial charge in [0.2, 0.25) is 0 Å². The highest BCUT2D eigenvalue weighted by Crippen LogP contribution is 2.22. The molecule has 1 aromatic heterocycles. The summed E-state index contributed by atoms with van der Waals surface area (Å²) in [6, 6.07) is 10.2. The third-order valence-electron chi connectivity index (χ3n) is 2.47. The van der Waals surface area contributed by atoms with Crippen LogP contribution in [0.15, 0.2) is 41.5 Å². The van der Waals surface area contributed by atoms with E-state index in [1.807, 2.05) is 19.1 Å². The summed E-state index contributed by atoms with van der Waals surface area (Å²) in [6.07, 6.45) is 1.64. The van der Waals surface area contributed by atoms with Crippen LogP contribution in [0.2, 0.25) is 0 Å². The third-order valence-corrected chi connectivity index (χ3v) is 3.60. The second kappa shape index (κ2) is 6.91. The summed E-state index contributed by atoms with van der Waals surface area (Å²) in [5.41, 5.74) is 2.91. The molecule has 2 aromatic rings. The lowest BCUT2D eigenvalue weighted by atomic mass is 10.3. The van der Waals surface area contributed by atoms with E-state index >= 15 is 0 Å². The van der Waals surface area contributed by atoms with Crippen LogP contribution in [-0.4, -0.2) is 16.3 Å². The van der Waals surface area contributed by atoms with Crippen molar-refractivity contribution in [1.29, 1.82) is 0 Å². The maximum atomic E-state index is 10.9. The predicted molar refractivity (Wildman–Crippen MR) is 89.1 cm³/mol. The van der Waals surface area contributed by atoms with Crippen LogP contribution in [0.4, 0.5) is 11.4 Å². The van der Waals surface area contributed by atoms with Gasteiger partial charge >= 0.3 is 0 Å². The van der Waals surface area contributed by atoms with Crippen LogP contribution < -0.4 is 10.7 Å². The SMILES string of the molecule is Cc1ccc(/C=N\NC(=S)Nc2ccccc2[N+](=O)[O-])s1. The Hall–Kier alpha value is -2.32. The molecule has 0 atom stereocenters. The summed E-state index contributed by atoms with van der Waals surface area (Å²) in [5, 5.41) is 17.8. The average Bonchev–Trinajstić information content (AvgIpc) is 2.85. The van der Waals surface area contributed by atoms with Gasteiger partial charge in [-0.1, -0.05) is 12.1 Å². The van der Waals surface area contributed by atoms with Crippen LogP contribution in [0.3, 0.4) is 0 Å². The highest BCUT2D eigenvalue weighted by atomic mass is 32.1. The molecule has 108 valence electrons. The Morgan fingerprint density at radius 1 is 1.38 bits per heavy atom. The number of hydrogen-bond donors (Lipinski definition) is 2. The van der Waals surface area contributed by atoms with Crippen molar-refractivity contribution in [2.75, 3.05) is 5.32 Å². The summed E-state index contributed by atoms with van der Waals surface area (Å²) >= 11 is 6.66. The maximum Gasteiger partial charge on any atom is 0.292 e. The van der Waals surface area contributed by atoms with Gasteiger partial charge in [-0.3, -0.25) is 15.5 Å². The van der Waals surface area contributed by atoms with Crippen molar-refractivity contribution in [2.24, 2.45) is 5.10 Å². The van der Waals surface area contributed by atoms with Crippen LogP contribution >= 0.6 is 23.6 Å². The first-order valence-corrected chi connectivity index (χ1v) is 7.18. The van der Waals surface area contributed by atoms with Crippen LogP contribution in [0, 0.1) is 17.0 Å². The van der Waals surface area contributed by atoms with Crippen molar-refractivity contribution in [2.45, 2.75) is 6.92 Å². The molecule has 0 fully saturated rings. The Morgan fingerprint density at radius 2 is 2.14 bits per heavy atom. The number of para-hydroxylation sites is 2. The molecule has 0 saturated carbocycles. The van der Waals surface area contributed by atoms with E-state index < -0.39 is 4.92 Å². The van der Waals surface area contributed by atoms with Gasteiger partial charge in [0, 0.05) is 15.8 Å². The van der Waals surface area contributed by atoms with Crippen LogP contribution in [0.25, 0.3) is 0 Å². The fraction of sp³-hybridized carbons (Fsp3) is 0.0769. The molecular formula is C13H12N4O2S2. The van der Waals surface area contributed by atoms with Gasteiger partial charge < -0.3 is 5.32 Å². The molecule has 0 radical (unpaired) electrons. The average molecular weight is 320 g/mol. The monoisotopic (exact) mass is 320 g/mol. The van der Waals surface area contributed by atoms with Crippen molar-refractivity contribution in [3.8, 4) is 0 Å². The number of nitrogens with zero attached hydrogens (tertiary/aromatic N) is 2. The molecule has 0 aliphatic carbocycles. The molecule has 0 unspecified atom stereocenters. The van der Waals surface area contributed by atoms with E-state index in [4.69, 9.17) is 12.2 Å². The minimum absolute atomic E-state index is 0.0421. The Balaban J connectivity index is 1.96. The first kappa shape index (κ1) is 15.1. The lowest BCUT2D eigenvalue weighted by molar-refractivity contribution is -0.383. The normalized spacial score (nSPS) is 10.5. The van der Waals surface area contributed by atoms with Gasteiger partial charge in [-0.2, -0.15) is 5.10 Å². The van der Waals surface area contributed by atoms with Gasteiger partial charge in [0.15, 0.2) is 5.11 Å². The fourth-order valence-electron chi connectivity index (χ4n) is 1.57. The molecule has 0 amide bonds. The predicted octanol–water partition coefficient (Wildman–Crippen LogP) is 3.29. The smallest absolute Gasteiger partial charge is 0.292 e. The number of hydrazone groups is 1. The van der Waals surface area contributed by atoms with Crippen molar-refractivity contribution in [3.05, 3.63) is 56.3 Å². The molecular weight excluding hydrogens is 308 g/mol.